The van der Waals surface area contributed by atoms with E-state index in [4.69, 9.17) is 0 Å². The minimum Gasteiger partial charge on any atom is -0.357 e. The van der Waals surface area contributed by atoms with E-state index in [9.17, 15) is 8.42 Å². The molecule has 2 aliphatic carbocycles. The van der Waals surface area contributed by atoms with Crippen LogP contribution in [0.4, 0.5) is 0 Å². The molecule has 0 heterocycles. The maximum Gasteiger partial charge on any atom is 0.240 e. The van der Waals surface area contributed by atoms with E-state index in [1.807, 2.05) is 23.9 Å². The summed E-state index contributed by atoms with van der Waals surface area (Å²) < 4.78 is 27.2. The molecule has 0 saturated heterocycles. The highest BCUT2D eigenvalue weighted by Crippen LogP contribution is 2.28. The second-order valence-corrected chi connectivity index (χ2v) is 10.1. The summed E-state index contributed by atoms with van der Waals surface area (Å²) in [6, 6.07) is 7.60. The Balaban J connectivity index is 0.00000280. The molecule has 9 heteroatoms. The molecule has 0 aliphatic heterocycles. The molecule has 2 unspecified atom stereocenters. The molecule has 3 rings (SSSR count). The molecule has 2 fully saturated rings. The van der Waals surface area contributed by atoms with Gasteiger partial charge < -0.3 is 10.6 Å². The Bertz CT molecular complexity index is 752. The molecule has 1 aromatic carbocycles. The average molecular weight is 539 g/mol. The van der Waals surface area contributed by atoms with E-state index in [1.165, 1.54) is 19.3 Å². The summed E-state index contributed by atoms with van der Waals surface area (Å²) in [6.07, 6.45) is 7.65. The van der Waals surface area contributed by atoms with Crippen LogP contribution in [0.5, 0.6) is 0 Å². The Morgan fingerprint density at radius 1 is 1.14 bits per heavy atom. The maximum atomic E-state index is 12.2. The van der Waals surface area contributed by atoms with Crippen LogP contribution in [-0.2, 0) is 16.6 Å². The lowest BCUT2D eigenvalue weighted by Gasteiger charge is -2.17. The SMILES string of the molecule is CCNC(=NCc1ccc(S(=O)(=O)NC2CC2)cc1)NC1CCC(SC)C1.I. The van der Waals surface area contributed by atoms with Crippen molar-refractivity contribution in [2.75, 3.05) is 12.8 Å². The molecule has 2 atom stereocenters. The van der Waals surface area contributed by atoms with E-state index < -0.39 is 10.0 Å². The first kappa shape index (κ1) is 23.8. The summed E-state index contributed by atoms with van der Waals surface area (Å²) in [5, 5.41) is 7.58. The van der Waals surface area contributed by atoms with Gasteiger partial charge in [0.05, 0.1) is 11.4 Å². The monoisotopic (exact) mass is 538 g/mol. The lowest BCUT2D eigenvalue weighted by Crippen LogP contribution is -2.42. The van der Waals surface area contributed by atoms with Crippen molar-refractivity contribution in [3.8, 4) is 0 Å². The predicted molar refractivity (Wildman–Crippen MR) is 128 cm³/mol. The third kappa shape index (κ3) is 7.07. The Morgan fingerprint density at radius 3 is 2.39 bits per heavy atom. The van der Waals surface area contributed by atoms with E-state index in [0.29, 0.717) is 17.5 Å². The van der Waals surface area contributed by atoms with Crippen LogP contribution in [0, 0.1) is 0 Å². The van der Waals surface area contributed by atoms with E-state index in [2.05, 4.69) is 33.5 Å². The van der Waals surface area contributed by atoms with Crippen molar-refractivity contribution in [1.29, 1.82) is 0 Å². The lowest BCUT2D eigenvalue weighted by molar-refractivity contribution is 0.581. The minimum atomic E-state index is -3.39. The van der Waals surface area contributed by atoms with Crippen molar-refractivity contribution < 1.29 is 8.42 Å². The highest BCUT2D eigenvalue weighted by atomic mass is 127. The minimum absolute atomic E-state index is 0. The number of benzene rings is 1. The first-order valence-electron chi connectivity index (χ1n) is 9.69. The fourth-order valence-corrected chi connectivity index (χ4v) is 5.33. The Morgan fingerprint density at radius 2 is 1.82 bits per heavy atom. The summed E-state index contributed by atoms with van der Waals surface area (Å²) in [6.45, 7) is 3.39. The van der Waals surface area contributed by atoms with Crippen molar-refractivity contribution in [3.63, 3.8) is 0 Å². The molecule has 158 valence electrons. The molecule has 3 N–H and O–H groups in total. The number of hydrogen-bond donors (Lipinski definition) is 3. The first-order valence-corrected chi connectivity index (χ1v) is 12.5. The van der Waals surface area contributed by atoms with Gasteiger partial charge in [-0.1, -0.05) is 12.1 Å². The summed E-state index contributed by atoms with van der Waals surface area (Å²) >= 11 is 1.94. The number of hydrogen-bond acceptors (Lipinski definition) is 4. The van der Waals surface area contributed by atoms with Crippen LogP contribution in [-0.4, -0.2) is 44.5 Å². The number of nitrogens with zero attached hydrogens (tertiary/aromatic N) is 1. The zero-order chi connectivity index (χ0) is 19.3. The number of sulfonamides is 1. The molecule has 6 nitrogen and oxygen atoms in total. The highest BCUT2D eigenvalue weighted by Gasteiger charge is 2.28. The van der Waals surface area contributed by atoms with Gasteiger partial charge in [-0.25, -0.2) is 18.1 Å². The van der Waals surface area contributed by atoms with Gasteiger partial charge in [0.15, 0.2) is 5.96 Å². The number of halogens is 1. The molecular formula is C19H31IN4O2S2. The van der Waals surface area contributed by atoms with Crippen LogP contribution in [0.15, 0.2) is 34.2 Å². The number of aliphatic imine (C=N–C) groups is 1. The number of rotatable bonds is 8. The lowest BCUT2D eigenvalue weighted by atomic mass is 10.2. The van der Waals surface area contributed by atoms with Crippen LogP contribution in [0.25, 0.3) is 0 Å². The maximum absolute atomic E-state index is 12.2. The van der Waals surface area contributed by atoms with E-state index >= 15 is 0 Å². The van der Waals surface area contributed by atoms with Crippen LogP contribution in [0.3, 0.4) is 0 Å². The summed E-state index contributed by atoms with van der Waals surface area (Å²) in [5.74, 6) is 0.830. The van der Waals surface area contributed by atoms with Crippen LogP contribution >= 0.6 is 35.7 Å². The van der Waals surface area contributed by atoms with Gasteiger partial charge in [-0.05, 0) is 63.0 Å². The van der Waals surface area contributed by atoms with Gasteiger partial charge in [-0.3, -0.25) is 0 Å². The Labute approximate surface area is 190 Å². The standard InChI is InChI=1S/C19H30N4O2S2.HI/c1-3-20-19(22-16-8-9-17(12-16)26-2)21-13-14-4-10-18(11-5-14)27(24,25)23-15-6-7-15;/h4-5,10-11,15-17,23H,3,6-9,12-13H2,1-2H3,(H2,20,21,22);1H. The van der Waals surface area contributed by atoms with Gasteiger partial charge >= 0.3 is 0 Å². The van der Waals surface area contributed by atoms with Crippen molar-refractivity contribution in [2.45, 2.75) is 67.8 Å². The molecule has 1 aromatic rings. The van der Waals surface area contributed by atoms with Crippen LogP contribution < -0.4 is 15.4 Å². The van der Waals surface area contributed by atoms with Gasteiger partial charge in [0.25, 0.3) is 0 Å². The van der Waals surface area contributed by atoms with Crippen molar-refractivity contribution in [1.82, 2.24) is 15.4 Å². The number of nitrogens with one attached hydrogen (secondary N) is 3. The summed E-state index contributed by atoms with van der Waals surface area (Å²) in [7, 11) is -3.39. The van der Waals surface area contributed by atoms with E-state index in [1.54, 1.807) is 12.1 Å². The average Bonchev–Trinajstić information content (AvgIpc) is 3.34. The van der Waals surface area contributed by atoms with Crippen molar-refractivity contribution in [3.05, 3.63) is 29.8 Å². The van der Waals surface area contributed by atoms with Gasteiger partial charge in [0.1, 0.15) is 0 Å². The van der Waals surface area contributed by atoms with E-state index in [-0.39, 0.29) is 30.0 Å². The van der Waals surface area contributed by atoms with Crippen LogP contribution in [0.1, 0.15) is 44.6 Å². The number of thioether (sulfide) groups is 1. The van der Waals surface area contributed by atoms with Crippen molar-refractivity contribution in [2.24, 2.45) is 4.99 Å². The van der Waals surface area contributed by atoms with Gasteiger partial charge in [-0.2, -0.15) is 11.8 Å². The van der Waals surface area contributed by atoms with Crippen molar-refractivity contribution >= 4 is 51.7 Å². The van der Waals surface area contributed by atoms with E-state index in [0.717, 1.165) is 36.2 Å². The largest absolute Gasteiger partial charge is 0.357 e. The second-order valence-electron chi connectivity index (χ2n) is 7.25. The normalized spacial score (nSPS) is 22.6. The third-order valence-electron chi connectivity index (χ3n) is 4.96. The molecule has 0 bridgehead atoms. The zero-order valence-corrected chi connectivity index (χ0v) is 20.4. The predicted octanol–water partition coefficient (Wildman–Crippen LogP) is 3.08. The fraction of sp³-hybridized carbons (Fsp3) is 0.632. The number of guanidine groups is 1. The topological polar surface area (TPSA) is 82.6 Å². The smallest absolute Gasteiger partial charge is 0.240 e. The molecule has 0 radical (unpaired) electrons. The molecule has 0 amide bonds. The quantitative estimate of drug-likeness (QED) is 0.269. The molecule has 2 saturated carbocycles. The fourth-order valence-electron chi connectivity index (χ4n) is 3.23. The molecule has 2 aliphatic rings. The Kier molecular flexibility index (Phi) is 9.36. The second kappa shape index (κ2) is 11.0. The molecule has 28 heavy (non-hydrogen) atoms. The zero-order valence-electron chi connectivity index (χ0n) is 16.5. The van der Waals surface area contributed by atoms with Gasteiger partial charge in [0, 0.05) is 23.9 Å². The summed E-state index contributed by atoms with van der Waals surface area (Å²) in [4.78, 5) is 4.99. The molecule has 0 spiro atoms. The molecule has 0 aromatic heterocycles. The van der Waals surface area contributed by atoms with Gasteiger partial charge in [-0.15, -0.1) is 24.0 Å². The summed E-state index contributed by atoms with van der Waals surface area (Å²) in [5.41, 5.74) is 0.992. The Hall–Kier alpha value is -0.520. The molecular weight excluding hydrogens is 507 g/mol. The third-order valence-corrected chi connectivity index (χ3v) is 7.59. The highest BCUT2D eigenvalue weighted by molar-refractivity contribution is 14.0. The first-order chi connectivity index (χ1) is 13.0. The van der Waals surface area contributed by atoms with Crippen LogP contribution in [0.2, 0.25) is 0 Å². The van der Waals surface area contributed by atoms with Gasteiger partial charge in [0.2, 0.25) is 10.0 Å².